The number of nitrogens with one attached hydrogen (secondary N) is 2. The molecule has 0 bridgehead atoms. The van der Waals surface area contributed by atoms with Crippen LogP contribution in [-0.4, -0.2) is 42.6 Å². The smallest absolute Gasteiger partial charge is 0.191 e. The molecule has 0 amide bonds. The highest BCUT2D eigenvalue weighted by atomic mass is 16.5. The van der Waals surface area contributed by atoms with Crippen LogP contribution in [0.5, 0.6) is 5.75 Å². The standard InChI is InChI=1S/C24H31N5O2/c1-3-31-17-7-14-25-24(26-18-20-10-12-22(30-2)13-11-20)27-19-21-8-4-5-9-23(21)29-16-6-15-28-29/h4-6,8-13,15-16H,3,7,14,17-19H2,1-2H3,(H2,25,26,27). The molecule has 2 aromatic carbocycles. The summed E-state index contributed by atoms with van der Waals surface area (Å²) in [5, 5.41) is 11.2. The maximum Gasteiger partial charge on any atom is 0.191 e. The van der Waals surface area contributed by atoms with Gasteiger partial charge in [-0.2, -0.15) is 5.10 Å². The molecule has 3 aromatic rings. The summed E-state index contributed by atoms with van der Waals surface area (Å²) in [5.41, 5.74) is 3.30. The molecule has 164 valence electrons. The van der Waals surface area contributed by atoms with E-state index in [0.717, 1.165) is 54.7 Å². The summed E-state index contributed by atoms with van der Waals surface area (Å²) >= 11 is 0. The Balaban J connectivity index is 1.66. The van der Waals surface area contributed by atoms with Crippen LogP contribution in [0.3, 0.4) is 0 Å². The lowest BCUT2D eigenvalue weighted by molar-refractivity contribution is 0.145. The maximum atomic E-state index is 5.43. The SMILES string of the molecule is CCOCCCNC(=NCc1ccc(OC)cc1)NCc1ccccc1-n1cccn1. The Morgan fingerprint density at radius 1 is 1.06 bits per heavy atom. The van der Waals surface area contributed by atoms with Crippen LogP contribution in [0.25, 0.3) is 5.69 Å². The third kappa shape index (κ3) is 7.15. The zero-order chi connectivity index (χ0) is 21.7. The van der Waals surface area contributed by atoms with Crippen LogP contribution in [0.1, 0.15) is 24.5 Å². The average Bonchev–Trinajstić information content (AvgIpc) is 3.35. The summed E-state index contributed by atoms with van der Waals surface area (Å²) in [6, 6.07) is 18.1. The molecule has 1 heterocycles. The van der Waals surface area contributed by atoms with Gasteiger partial charge < -0.3 is 20.1 Å². The van der Waals surface area contributed by atoms with E-state index in [4.69, 9.17) is 14.5 Å². The number of benzene rings is 2. The highest BCUT2D eigenvalue weighted by Gasteiger charge is 2.06. The molecule has 0 atom stereocenters. The fourth-order valence-corrected chi connectivity index (χ4v) is 3.08. The van der Waals surface area contributed by atoms with Crippen LogP contribution in [0.4, 0.5) is 0 Å². The molecule has 2 N–H and O–H groups in total. The third-order valence-corrected chi connectivity index (χ3v) is 4.73. The van der Waals surface area contributed by atoms with Crippen molar-refractivity contribution in [2.75, 3.05) is 26.9 Å². The second-order valence-corrected chi connectivity index (χ2v) is 6.92. The van der Waals surface area contributed by atoms with Gasteiger partial charge in [0.15, 0.2) is 5.96 Å². The van der Waals surface area contributed by atoms with Gasteiger partial charge in [0.2, 0.25) is 0 Å². The Hall–Kier alpha value is -3.32. The first kappa shape index (κ1) is 22.4. The summed E-state index contributed by atoms with van der Waals surface area (Å²) in [4.78, 5) is 4.77. The molecule has 0 unspecified atom stereocenters. The lowest BCUT2D eigenvalue weighted by Crippen LogP contribution is -2.38. The number of nitrogens with zero attached hydrogens (tertiary/aromatic N) is 3. The molecule has 31 heavy (non-hydrogen) atoms. The summed E-state index contributed by atoms with van der Waals surface area (Å²) in [6.45, 7) is 5.48. The third-order valence-electron chi connectivity index (χ3n) is 4.73. The van der Waals surface area contributed by atoms with E-state index < -0.39 is 0 Å². The normalized spacial score (nSPS) is 11.4. The average molecular weight is 422 g/mol. The number of methoxy groups -OCH3 is 1. The van der Waals surface area contributed by atoms with Crippen molar-refractivity contribution in [1.29, 1.82) is 0 Å². The van der Waals surface area contributed by atoms with Crippen molar-refractivity contribution in [3.8, 4) is 11.4 Å². The highest BCUT2D eigenvalue weighted by Crippen LogP contribution is 2.14. The molecule has 0 saturated carbocycles. The Labute approximate surface area is 184 Å². The predicted molar refractivity (Wildman–Crippen MR) is 124 cm³/mol. The Kier molecular flexibility index (Phi) is 8.94. The highest BCUT2D eigenvalue weighted by molar-refractivity contribution is 5.79. The molecular formula is C24H31N5O2. The van der Waals surface area contributed by atoms with Crippen LogP contribution in [0.15, 0.2) is 72.0 Å². The van der Waals surface area contributed by atoms with E-state index in [0.29, 0.717) is 13.1 Å². The molecule has 0 radical (unpaired) electrons. The molecule has 0 spiro atoms. The first-order valence-corrected chi connectivity index (χ1v) is 10.6. The molecule has 0 aliphatic heterocycles. The topological polar surface area (TPSA) is 72.7 Å². The van der Waals surface area contributed by atoms with E-state index in [-0.39, 0.29) is 0 Å². The van der Waals surface area contributed by atoms with E-state index in [1.807, 2.05) is 60.3 Å². The van der Waals surface area contributed by atoms with Gasteiger partial charge in [-0.3, -0.25) is 0 Å². The molecule has 0 aliphatic rings. The molecule has 7 nitrogen and oxygen atoms in total. The fourth-order valence-electron chi connectivity index (χ4n) is 3.08. The van der Waals surface area contributed by atoms with Gasteiger partial charge in [-0.25, -0.2) is 9.67 Å². The summed E-state index contributed by atoms with van der Waals surface area (Å²) in [7, 11) is 1.67. The predicted octanol–water partition coefficient (Wildman–Crippen LogP) is 3.54. The van der Waals surface area contributed by atoms with Gasteiger partial charge in [-0.1, -0.05) is 30.3 Å². The lowest BCUT2D eigenvalue weighted by atomic mass is 10.2. The fraction of sp³-hybridized carbons (Fsp3) is 0.333. The quantitative estimate of drug-likeness (QED) is 0.281. The van der Waals surface area contributed by atoms with Gasteiger partial charge >= 0.3 is 0 Å². The molecule has 7 heteroatoms. The number of guanidine groups is 1. The van der Waals surface area contributed by atoms with Crippen LogP contribution in [0, 0.1) is 0 Å². The van der Waals surface area contributed by atoms with Gasteiger partial charge in [0.05, 0.1) is 19.3 Å². The zero-order valence-electron chi connectivity index (χ0n) is 18.3. The number of ether oxygens (including phenoxy) is 2. The van der Waals surface area contributed by atoms with Crippen molar-refractivity contribution >= 4 is 5.96 Å². The van der Waals surface area contributed by atoms with Crippen molar-refractivity contribution in [3.05, 3.63) is 78.1 Å². The van der Waals surface area contributed by atoms with Crippen molar-refractivity contribution < 1.29 is 9.47 Å². The van der Waals surface area contributed by atoms with E-state index >= 15 is 0 Å². The van der Waals surface area contributed by atoms with Crippen LogP contribution >= 0.6 is 0 Å². The van der Waals surface area contributed by atoms with Crippen LogP contribution in [-0.2, 0) is 17.8 Å². The monoisotopic (exact) mass is 421 g/mol. The van der Waals surface area contributed by atoms with Gasteiger partial charge in [0, 0.05) is 38.7 Å². The molecule has 0 aliphatic carbocycles. The van der Waals surface area contributed by atoms with Crippen LogP contribution in [0.2, 0.25) is 0 Å². The number of para-hydroxylation sites is 1. The van der Waals surface area contributed by atoms with Crippen molar-refractivity contribution in [2.24, 2.45) is 4.99 Å². The summed E-state index contributed by atoms with van der Waals surface area (Å²) < 4.78 is 12.5. The minimum absolute atomic E-state index is 0.575. The number of hydrogen-bond donors (Lipinski definition) is 2. The van der Waals surface area contributed by atoms with E-state index in [1.54, 1.807) is 13.3 Å². The second-order valence-electron chi connectivity index (χ2n) is 6.92. The van der Waals surface area contributed by atoms with Crippen molar-refractivity contribution in [3.63, 3.8) is 0 Å². The number of hydrogen-bond acceptors (Lipinski definition) is 4. The lowest BCUT2D eigenvalue weighted by Gasteiger charge is -2.15. The van der Waals surface area contributed by atoms with Gasteiger partial charge in [-0.15, -0.1) is 0 Å². The Morgan fingerprint density at radius 3 is 2.65 bits per heavy atom. The molecular weight excluding hydrogens is 390 g/mol. The minimum Gasteiger partial charge on any atom is -0.497 e. The molecule has 0 saturated heterocycles. The van der Waals surface area contributed by atoms with Crippen molar-refractivity contribution in [1.82, 2.24) is 20.4 Å². The molecule has 3 rings (SSSR count). The van der Waals surface area contributed by atoms with Crippen LogP contribution < -0.4 is 15.4 Å². The maximum absolute atomic E-state index is 5.43. The van der Waals surface area contributed by atoms with Gasteiger partial charge in [0.25, 0.3) is 0 Å². The van der Waals surface area contributed by atoms with E-state index in [9.17, 15) is 0 Å². The first-order valence-electron chi connectivity index (χ1n) is 10.6. The summed E-state index contributed by atoms with van der Waals surface area (Å²) in [6.07, 6.45) is 4.65. The second kappa shape index (κ2) is 12.4. The van der Waals surface area contributed by atoms with Crippen molar-refractivity contribution in [2.45, 2.75) is 26.4 Å². The van der Waals surface area contributed by atoms with E-state index in [2.05, 4.69) is 27.9 Å². The van der Waals surface area contributed by atoms with Gasteiger partial charge in [0.1, 0.15) is 5.75 Å². The Bertz CT molecular complexity index is 923. The number of aromatic nitrogens is 2. The largest absolute Gasteiger partial charge is 0.497 e. The zero-order valence-corrected chi connectivity index (χ0v) is 18.3. The van der Waals surface area contributed by atoms with E-state index in [1.165, 1.54) is 0 Å². The minimum atomic E-state index is 0.575. The first-order chi connectivity index (χ1) is 15.3. The van der Waals surface area contributed by atoms with Gasteiger partial charge in [-0.05, 0) is 48.7 Å². The Morgan fingerprint density at radius 2 is 1.90 bits per heavy atom. The number of aliphatic imine (C=N–C) groups is 1. The molecule has 1 aromatic heterocycles. The number of rotatable bonds is 11. The molecule has 0 fully saturated rings. The summed E-state index contributed by atoms with van der Waals surface area (Å²) in [5.74, 6) is 1.61.